The molecule has 0 bridgehead atoms. The molecule has 0 saturated heterocycles. The molecule has 0 aliphatic rings. The number of anilines is 3. The topological polar surface area (TPSA) is 137 Å². The Labute approximate surface area is 92.1 Å². The number of nitroso groups, excluding NO2 is 2. The van der Waals surface area contributed by atoms with Crippen molar-refractivity contribution < 1.29 is 0 Å². The molecular weight excluding hydrogens is 301 g/mol. The number of benzene rings is 1. The Bertz CT molecular complexity index is 380. The lowest BCUT2D eigenvalue weighted by Gasteiger charge is -2.09. The van der Waals surface area contributed by atoms with E-state index in [0.29, 0.717) is 0 Å². The van der Waals surface area contributed by atoms with Gasteiger partial charge in [0.05, 0.1) is 20.6 Å². The Morgan fingerprint density at radius 3 is 1.79 bits per heavy atom. The van der Waals surface area contributed by atoms with E-state index in [0.717, 1.165) is 0 Å². The van der Waals surface area contributed by atoms with Gasteiger partial charge < -0.3 is 17.2 Å². The molecule has 0 aliphatic carbocycles. The van der Waals surface area contributed by atoms with Gasteiger partial charge in [0, 0.05) is 0 Å². The van der Waals surface area contributed by atoms with Crippen LogP contribution < -0.4 is 17.2 Å². The van der Waals surface area contributed by atoms with Crippen molar-refractivity contribution in [3.8, 4) is 0 Å². The highest BCUT2D eigenvalue weighted by Crippen LogP contribution is 2.45. The minimum Gasteiger partial charge on any atom is -0.396 e. The number of nitrogens with two attached hydrogens (primary N) is 3. The zero-order valence-electron chi connectivity index (χ0n) is 6.82. The van der Waals surface area contributed by atoms with Crippen molar-refractivity contribution >= 4 is 51.0 Å². The highest BCUT2D eigenvalue weighted by Gasteiger charge is 2.19. The number of nitrogen functional groups attached to an aromatic ring is 3. The van der Waals surface area contributed by atoms with Gasteiger partial charge in [0.25, 0.3) is 0 Å². The van der Waals surface area contributed by atoms with Gasteiger partial charge in [0.2, 0.25) is 0 Å². The summed E-state index contributed by atoms with van der Waals surface area (Å²) < 4.78 is 0.277. The van der Waals surface area contributed by atoms with Crippen LogP contribution in [0.5, 0.6) is 0 Å². The molecule has 0 spiro atoms. The van der Waals surface area contributed by atoms with Crippen molar-refractivity contribution in [3.63, 3.8) is 0 Å². The molecule has 14 heavy (non-hydrogen) atoms. The summed E-state index contributed by atoms with van der Waals surface area (Å²) in [6, 6.07) is 0. The minimum atomic E-state index is -0.267. The van der Waals surface area contributed by atoms with Crippen LogP contribution in [-0.2, 0) is 0 Å². The summed E-state index contributed by atoms with van der Waals surface area (Å²) in [5.74, 6) is 0. The first-order valence-corrected chi connectivity index (χ1v) is 4.45. The summed E-state index contributed by atoms with van der Waals surface area (Å²) in [6.45, 7) is 0. The first kappa shape index (κ1) is 10.6. The predicted octanol–water partition coefficient (Wildman–Crippen LogP) is 1.83. The van der Waals surface area contributed by atoms with Crippen LogP contribution in [0.4, 0.5) is 28.4 Å². The van der Waals surface area contributed by atoms with Crippen LogP contribution in [0, 0.1) is 13.4 Å². The summed E-state index contributed by atoms with van der Waals surface area (Å²) >= 11 is 1.74. The first-order chi connectivity index (χ1) is 6.54. The molecule has 8 heteroatoms. The molecule has 1 aromatic carbocycles. The third-order valence-corrected chi connectivity index (χ3v) is 2.78. The molecule has 0 aliphatic heterocycles. The monoisotopic (exact) mass is 307 g/mol. The van der Waals surface area contributed by atoms with Gasteiger partial charge in [0.1, 0.15) is 0 Å². The van der Waals surface area contributed by atoms with Gasteiger partial charge in [-0.2, -0.15) is 0 Å². The number of hydrogen-bond donors (Lipinski definition) is 3. The molecule has 0 amide bonds. The average molecular weight is 307 g/mol. The Kier molecular flexibility index (Phi) is 2.84. The quantitative estimate of drug-likeness (QED) is 0.435. The van der Waals surface area contributed by atoms with E-state index in [9.17, 15) is 9.81 Å². The zero-order chi connectivity index (χ0) is 10.9. The van der Waals surface area contributed by atoms with E-state index >= 15 is 0 Å². The molecule has 0 atom stereocenters. The van der Waals surface area contributed by atoms with Gasteiger partial charge >= 0.3 is 0 Å². The van der Waals surface area contributed by atoms with Crippen molar-refractivity contribution in [1.82, 2.24) is 0 Å². The van der Waals surface area contributed by atoms with Gasteiger partial charge in [-0.3, -0.25) is 0 Å². The van der Waals surface area contributed by atoms with E-state index in [1.807, 2.05) is 0 Å². The van der Waals surface area contributed by atoms with Crippen molar-refractivity contribution in [1.29, 1.82) is 0 Å². The summed E-state index contributed by atoms with van der Waals surface area (Å²) in [4.78, 5) is 20.8. The third kappa shape index (κ3) is 1.36. The summed E-state index contributed by atoms with van der Waals surface area (Å²) in [7, 11) is 0. The SMILES string of the molecule is Nc1c(N)c(I)c(N=O)c(N=O)c1N. The Hall–Kier alpha value is -1.45. The maximum atomic E-state index is 10.4. The summed E-state index contributed by atoms with van der Waals surface area (Å²) in [5, 5.41) is 5.23. The molecule has 1 rings (SSSR count). The van der Waals surface area contributed by atoms with Gasteiger partial charge in [-0.15, -0.1) is 9.81 Å². The van der Waals surface area contributed by atoms with E-state index < -0.39 is 0 Å². The molecule has 7 nitrogen and oxygen atoms in total. The molecule has 0 heterocycles. The molecule has 0 aromatic heterocycles. The van der Waals surface area contributed by atoms with E-state index in [1.165, 1.54) is 0 Å². The lowest BCUT2D eigenvalue weighted by Crippen LogP contribution is -2.02. The molecule has 1 aromatic rings. The van der Waals surface area contributed by atoms with Gasteiger partial charge in [0.15, 0.2) is 11.4 Å². The molecule has 6 N–H and O–H groups in total. The van der Waals surface area contributed by atoms with Gasteiger partial charge in [-0.25, -0.2) is 0 Å². The molecule has 0 saturated carbocycles. The number of nitrogens with zero attached hydrogens (tertiary/aromatic N) is 2. The largest absolute Gasteiger partial charge is 0.396 e. The van der Waals surface area contributed by atoms with Crippen LogP contribution in [0.15, 0.2) is 10.4 Å². The van der Waals surface area contributed by atoms with Crippen molar-refractivity contribution in [2.75, 3.05) is 17.2 Å². The molecule has 0 fully saturated rings. The van der Waals surface area contributed by atoms with Crippen LogP contribution in [-0.4, -0.2) is 0 Å². The number of rotatable bonds is 2. The van der Waals surface area contributed by atoms with Crippen molar-refractivity contribution in [2.24, 2.45) is 10.4 Å². The maximum absolute atomic E-state index is 10.4. The third-order valence-electron chi connectivity index (χ3n) is 1.69. The molecule has 0 radical (unpaired) electrons. The normalized spacial score (nSPS) is 9.79. The Balaban J connectivity index is 3.73. The Morgan fingerprint density at radius 1 is 0.857 bits per heavy atom. The van der Waals surface area contributed by atoms with Crippen LogP contribution in [0.2, 0.25) is 0 Å². The van der Waals surface area contributed by atoms with E-state index in [2.05, 4.69) is 10.4 Å². The van der Waals surface area contributed by atoms with Gasteiger partial charge in [-0.05, 0) is 32.9 Å². The first-order valence-electron chi connectivity index (χ1n) is 3.37. The van der Waals surface area contributed by atoms with Crippen LogP contribution in [0.3, 0.4) is 0 Å². The second kappa shape index (κ2) is 3.74. The molecule has 74 valence electrons. The second-order valence-electron chi connectivity index (χ2n) is 2.43. The van der Waals surface area contributed by atoms with Crippen LogP contribution >= 0.6 is 22.6 Å². The van der Waals surface area contributed by atoms with Crippen LogP contribution in [0.25, 0.3) is 0 Å². The highest BCUT2D eigenvalue weighted by molar-refractivity contribution is 14.1. The Morgan fingerprint density at radius 2 is 1.36 bits per heavy atom. The fraction of sp³-hybridized carbons (Fsp3) is 0. The average Bonchev–Trinajstić information content (AvgIpc) is 2.20. The van der Waals surface area contributed by atoms with Gasteiger partial charge in [-0.1, -0.05) is 0 Å². The maximum Gasteiger partial charge on any atom is 0.163 e. The van der Waals surface area contributed by atoms with Crippen molar-refractivity contribution in [2.45, 2.75) is 0 Å². The smallest absolute Gasteiger partial charge is 0.163 e. The minimum absolute atomic E-state index is 0.0383. The lowest BCUT2D eigenvalue weighted by atomic mass is 10.2. The van der Waals surface area contributed by atoms with E-state index in [-0.39, 0.29) is 32.0 Å². The standard InChI is InChI=1S/C6H6IN5O2/c7-1-2(8)3(9)4(10)6(12-14)5(1)11-13/h8-10H2. The fourth-order valence-electron chi connectivity index (χ4n) is 0.926. The second-order valence-corrected chi connectivity index (χ2v) is 3.51. The highest BCUT2D eigenvalue weighted by atomic mass is 127. The zero-order valence-corrected chi connectivity index (χ0v) is 8.98. The molecule has 0 unspecified atom stereocenters. The van der Waals surface area contributed by atoms with Crippen molar-refractivity contribution in [3.05, 3.63) is 13.4 Å². The lowest BCUT2D eigenvalue weighted by molar-refractivity contribution is 1.40. The summed E-state index contributed by atoms with van der Waals surface area (Å²) in [5.41, 5.74) is 16.1. The molecular formula is C6H6IN5O2. The number of hydrogen-bond acceptors (Lipinski definition) is 7. The van der Waals surface area contributed by atoms with Crippen LogP contribution in [0.1, 0.15) is 0 Å². The van der Waals surface area contributed by atoms with E-state index in [1.54, 1.807) is 22.6 Å². The van der Waals surface area contributed by atoms with E-state index in [4.69, 9.17) is 17.2 Å². The fourth-order valence-corrected chi connectivity index (χ4v) is 1.57. The number of halogens is 1. The summed E-state index contributed by atoms with van der Waals surface area (Å²) in [6.07, 6.45) is 0. The predicted molar refractivity (Wildman–Crippen MR) is 63.3 cm³/mol.